The zero-order valence-corrected chi connectivity index (χ0v) is 8.77. The molecular formula is C11H13NO3. The molecule has 0 aromatic heterocycles. The second-order valence-electron chi connectivity index (χ2n) is 2.84. The molecule has 0 bridgehead atoms. The summed E-state index contributed by atoms with van der Waals surface area (Å²) in [6.45, 7) is 0. The highest BCUT2D eigenvalue weighted by atomic mass is 16.5. The van der Waals surface area contributed by atoms with E-state index in [1.54, 1.807) is 0 Å². The minimum atomic E-state index is -0.650. The number of ether oxygens (including phenoxy) is 2. The van der Waals surface area contributed by atoms with E-state index in [0.29, 0.717) is 12.3 Å². The molecule has 0 saturated carbocycles. The number of nitrogens with zero attached hydrogens (tertiary/aromatic N) is 1. The van der Waals surface area contributed by atoms with Crippen molar-refractivity contribution in [1.82, 2.24) is 0 Å². The van der Waals surface area contributed by atoms with Crippen molar-refractivity contribution in [3.05, 3.63) is 35.9 Å². The zero-order chi connectivity index (χ0) is 11.1. The minimum Gasteiger partial charge on any atom is -0.484 e. The van der Waals surface area contributed by atoms with Crippen LogP contribution in [0, 0.1) is 0 Å². The maximum atomic E-state index is 10.9. The largest absolute Gasteiger partial charge is 0.484 e. The fourth-order valence-electron chi connectivity index (χ4n) is 1.08. The van der Waals surface area contributed by atoms with Gasteiger partial charge in [-0.15, -0.1) is 4.99 Å². The van der Waals surface area contributed by atoms with E-state index in [2.05, 4.69) is 9.73 Å². The average Bonchev–Trinajstić information content (AvgIpc) is 2.29. The number of aliphatic imine (C=N–C) groups is 1. The van der Waals surface area contributed by atoms with Gasteiger partial charge in [-0.2, -0.15) is 0 Å². The van der Waals surface area contributed by atoms with Crippen molar-refractivity contribution in [1.29, 1.82) is 0 Å². The Morgan fingerprint density at radius 2 is 1.87 bits per heavy atom. The van der Waals surface area contributed by atoms with Crippen molar-refractivity contribution in [3.63, 3.8) is 0 Å². The Hall–Kier alpha value is -1.84. The van der Waals surface area contributed by atoms with Crippen molar-refractivity contribution in [2.75, 3.05) is 14.2 Å². The molecule has 0 unspecified atom stereocenters. The predicted molar refractivity (Wildman–Crippen MR) is 57.0 cm³/mol. The Morgan fingerprint density at radius 3 is 2.40 bits per heavy atom. The third kappa shape index (κ3) is 3.81. The van der Waals surface area contributed by atoms with Gasteiger partial charge in [0.05, 0.1) is 14.2 Å². The summed E-state index contributed by atoms with van der Waals surface area (Å²) in [6, 6.07) is 9.63. The second kappa shape index (κ2) is 5.80. The summed E-state index contributed by atoms with van der Waals surface area (Å²) in [7, 11) is 2.76. The topological polar surface area (TPSA) is 47.9 Å². The maximum absolute atomic E-state index is 10.9. The van der Waals surface area contributed by atoms with Gasteiger partial charge >= 0.3 is 6.09 Å². The van der Waals surface area contributed by atoms with Crippen LogP contribution in [0.3, 0.4) is 0 Å². The van der Waals surface area contributed by atoms with Gasteiger partial charge in [0.25, 0.3) is 0 Å². The molecule has 1 aromatic carbocycles. The average molecular weight is 207 g/mol. The molecule has 0 heterocycles. The zero-order valence-electron chi connectivity index (χ0n) is 8.77. The number of hydrogen-bond acceptors (Lipinski definition) is 3. The summed E-state index contributed by atoms with van der Waals surface area (Å²) < 4.78 is 9.39. The molecule has 0 N–H and O–H groups in total. The Morgan fingerprint density at radius 1 is 1.20 bits per heavy atom. The predicted octanol–water partition coefficient (Wildman–Crippen LogP) is 2.04. The van der Waals surface area contributed by atoms with Crippen LogP contribution in [0.25, 0.3) is 0 Å². The third-order valence-corrected chi connectivity index (χ3v) is 1.82. The Balaban J connectivity index is 2.70. The van der Waals surface area contributed by atoms with Crippen LogP contribution in [-0.2, 0) is 15.9 Å². The SMILES string of the molecule is COC(=O)/N=C(/Cc1ccccc1)OC. The van der Waals surface area contributed by atoms with Gasteiger partial charge in [-0.1, -0.05) is 30.3 Å². The summed E-state index contributed by atoms with van der Waals surface area (Å²) in [5.74, 6) is 0.341. The molecular weight excluding hydrogens is 194 g/mol. The van der Waals surface area contributed by atoms with Gasteiger partial charge in [0.1, 0.15) is 0 Å². The lowest BCUT2D eigenvalue weighted by atomic mass is 10.1. The summed E-state index contributed by atoms with van der Waals surface area (Å²) in [5.41, 5.74) is 1.03. The van der Waals surface area contributed by atoms with E-state index < -0.39 is 6.09 Å². The molecule has 1 rings (SSSR count). The molecule has 80 valence electrons. The van der Waals surface area contributed by atoms with Gasteiger partial charge in [-0.3, -0.25) is 0 Å². The normalized spacial score (nSPS) is 10.9. The summed E-state index contributed by atoms with van der Waals surface area (Å²) >= 11 is 0. The molecule has 4 nitrogen and oxygen atoms in total. The van der Waals surface area contributed by atoms with Gasteiger partial charge in [0.15, 0.2) is 5.90 Å². The van der Waals surface area contributed by atoms with E-state index in [1.807, 2.05) is 30.3 Å². The van der Waals surface area contributed by atoms with Crippen molar-refractivity contribution >= 4 is 12.0 Å². The van der Waals surface area contributed by atoms with Crippen LogP contribution in [0.4, 0.5) is 4.79 Å². The first-order valence-corrected chi connectivity index (χ1v) is 4.49. The van der Waals surface area contributed by atoms with E-state index in [-0.39, 0.29) is 0 Å². The minimum absolute atomic E-state index is 0.341. The lowest BCUT2D eigenvalue weighted by molar-refractivity contribution is 0.181. The van der Waals surface area contributed by atoms with E-state index in [9.17, 15) is 4.79 Å². The molecule has 1 amide bonds. The molecule has 0 atom stereocenters. The lowest BCUT2D eigenvalue weighted by Crippen LogP contribution is -2.09. The number of carbonyl (C=O) groups is 1. The lowest BCUT2D eigenvalue weighted by Gasteiger charge is -2.03. The molecule has 0 spiro atoms. The number of methoxy groups -OCH3 is 2. The van der Waals surface area contributed by atoms with Gasteiger partial charge in [-0.05, 0) is 5.56 Å². The second-order valence-corrected chi connectivity index (χ2v) is 2.84. The molecule has 0 aliphatic heterocycles. The summed E-state index contributed by atoms with van der Waals surface area (Å²) in [4.78, 5) is 14.5. The Kier molecular flexibility index (Phi) is 4.34. The van der Waals surface area contributed by atoms with E-state index in [4.69, 9.17) is 4.74 Å². The Bertz CT molecular complexity index is 346. The van der Waals surface area contributed by atoms with Crippen molar-refractivity contribution in [3.8, 4) is 0 Å². The van der Waals surface area contributed by atoms with Crippen molar-refractivity contribution < 1.29 is 14.3 Å². The third-order valence-electron chi connectivity index (χ3n) is 1.82. The number of hydrogen-bond donors (Lipinski definition) is 0. The van der Waals surface area contributed by atoms with Gasteiger partial charge in [0, 0.05) is 6.42 Å². The molecule has 0 aliphatic rings. The monoisotopic (exact) mass is 207 g/mol. The molecule has 0 saturated heterocycles. The number of rotatable bonds is 2. The molecule has 1 aromatic rings. The number of carbonyl (C=O) groups excluding carboxylic acids is 1. The Labute approximate surface area is 88.5 Å². The molecule has 0 radical (unpaired) electrons. The first kappa shape index (κ1) is 11.2. The van der Waals surface area contributed by atoms with Crippen LogP contribution in [0.15, 0.2) is 35.3 Å². The van der Waals surface area contributed by atoms with E-state index >= 15 is 0 Å². The standard InChI is InChI=1S/C11H13NO3/c1-14-10(12-11(13)15-2)8-9-6-4-3-5-7-9/h3-7H,8H2,1-2H3/b12-10-. The van der Waals surface area contributed by atoms with Crippen LogP contribution >= 0.6 is 0 Å². The molecule has 0 fully saturated rings. The van der Waals surface area contributed by atoms with E-state index in [0.717, 1.165) is 5.56 Å². The summed E-state index contributed by atoms with van der Waals surface area (Å²) in [5, 5.41) is 0. The van der Waals surface area contributed by atoms with Crippen molar-refractivity contribution in [2.24, 2.45) is 4.99 Å². The maximum Gasteiger partial charge on any atom is 0.436 e. The quantitative estimate of drug-likeness (QED) is 0.550. The molecule has 15 heavy (non-hydrogen) atoms. The van der Waals surface area contributed by atoms with Gasteiger partial charge < -0.3 is 9.47 Å². The fourth-order valence-corrected chi connectivity index (χ4v) is 1.08. The highest BCUT2D eigenvalue weighted by Gasteiger charge is 2.04. The van der Waals surface area contributed by atoms with Crippen LogP contribution in [0.2, 0.25) is 0 Å². The summed E-state index contributed by atoms with van der Waals surface area (Å²) in [6.07, 6.45) is -0.172. The van der Waals surface area contributed by atoms with Crippen LogP contribution in [-0.4, -0.2) is 26.2 Å². The number of amides is 1. The first-order chi connectivity index (χ1) is 7.26. The van der Waals surface area contributed by atoms with Gasteiger partial charge in [-0.25, -0.2) is 4.79 Å². The highest BCUT2D eigenvalue weighted by molar-refractivity contribution is 5.89. The molecule has 0 aliphatic carbocycles. The molecule has 4 heteroatoms. The number of benzene rings is 1. The highest BCUT2D eigenvalue weighted by Crippen LogP contribution is 2.02. The van der Waals surface area contributed by atoms with Crippen molar-refractivity contribution in [2.45, 2.75) is 6.42 Å². The van der Waals surface area contributed by atoms with Crippen LogP contribution in [0.1, 0.15) is 5.56 Å². The first-order valence-electron chi connectivity index (χ1n) is 4.49. The van der Waals surface area contributed by atoms with Gasteiger partial charge in [0.2, 0.25) is 0 Å². The van der Waals surface area contributed by atoms with Crippen LogP contribution < -0.4 is 0 Å². The fraction of sp³-hybridized carbons (Fsp3) is 0.273. The van der Waals surface area contributed by atoms with Crippen LogP contribution in [0.5, 0.6) is 0 Å². The smallest absolute Gasteiger partial charge is 0.436 e. The van der Waals surface area contributed by atoms with E-state index in [1.165, 1.54) is 14.2 Å².